The van der Waals surface area contributed by atoms with Crippen LogP contribution in [0.15, 0.2) is 150 Å². The van der Waals surface area contributed by atoms with Crippen molar-refractivity contribution in [3.05, 3.63) is 199 Å². The number of ether oxygens (including phenoxy) is 2. The summed E-state index contributed by atoms with van der Waals surface area (Å²) >= 11 is 18.2. The molecule has 0 aromatic heterocycles. The van der Waals surface area contributed by atoms with Crippen LogP contribution in [0, 0.1) is 5.92 Å². The summed E-state index contributed by atoms with van der Waals surface area (Å²) in [5, 5.41) is 26.2. The van der Waals surface area contributed by atoms with Gasteiger partial charge < -0.3 is 25.0 Å². The lowest BCUT2D eigenvalue weighted by Crippen LogP contribution is -2.35. The van der Waals surface area contributed by atoms with Crippen LogP contribution in [0.4, 0.5) is 5.69 Å². The number of amides is 1. The van der Waals surface area contributed by atoms with Crippen molar-refractivity contribution >= 4 is 67.6 Å². The molecule has 0 atom stereocenters. The Labute approximate surface area is 452 Å². The summed E-state index contributed by atoms with van der Waals surface area (Å²) in [6, 6.07) is 44.6. The van der Waals surface area contributed by atoms with Crippen LogP contribution in [0.1, 0.15) is 122 Å². The molecule has 3 N–H and O–H groups in total. The minimum Gasteiger partial charge on any atom is -0.508 e. The number of hydrogen-bond acceptors (Lipinski definition) is 5. The van der Waals surface area contributed by atoms with Gasteiger partial charge in [0, 0.05) is 49.3 Å². The van der Waals surface area contributed by atoms with Gasteiger partial charge in [-0.1, -0.05) is 149 Å². The lowest BCUT2D eigenvalue weighted by atomic mass is 9.76. The van der Waals surface area contributed by atoms with Gasteiger partial charge >= 0.3 is 0 Å². The number of nitrogens with one attached hydrogen (secondary N) is 1. The molecule has 3 aliphatic rings. The smallest absolute Gasteiger partial charge is 0.255 e. The number of benzene rings is 8. The maximum absolute atomic E-state index is 13.7. The average Bonchev–Trinajstić information content (AvgIpc) is 3.66. The Bertz CT molecular complexity index is 3420. The number of halogens is 3. The molecule has 1 amide bonds. The molecule has 6 nitrogen and oxygen atoms in total. The van der Waals surface area contributed by atoms with Crippen LogP contribution in [0.25, 0.3) is 50.2 Å². The number of carbonyl (C=O) groups is 1. The lowest BCUT2D eigenvalue weighted by molar-refractivity contribution is 0.102. The fraction of sp³-hybridized carbons (Fsp3) is 0.246. The molecule has 11 rings (SSSR count). The van der Waals surface area contributed by atoms with Crippen molar-refractivity contribution in [2.24, 2.45) is 5.92 Å². The van der Waals surface area contributed by atoms with E-state index in [4.69, 9.17) is 32.7 Å². The van der Waals surface area contributed by atoms with Crippen LogP contribution >= 0.6 is 39.1 Å². The molecule has 374 valence electrons. The first kappa shape index (κ1) is 49.7. The summed E-state index contributed by atoms with van der Waals surface area (Å²) in [5.74, 6) is 2.90. The molecule has 0 bridgehead atoms. The number of phenols is 2. The van der Waals surface area contributed by atoms with Gasteiger partial charge in [0.05, 0.1) is 16.6 Å². The van der Waals surface area contributed by atoms with E-state index in [1.54, 1.807) is 37.4 Å². The average molecular weight is 1080 g/mol. The van der Waals surface area contributed by atoms with Gasteiger partial charge in [0.25, 0.3) is 5.91 Å². The first-order chi connectivity index (χ1) is 35.8. The molecule has 2 aliphatic carbocycles. The molecule has 0 spiro atoms. The van der Waals surface area contributed by atoms with E-state index in [1.807, 2.05) is 84.9 Å². The highest BCUT2D eigenvalue weighted by Gasteiger charge is 2.46. The maximum Gasteiger partial charge on any atom is 0.255 e. The molecule has 9 heteroatoms. The van der Waals surface area contributed by atoms with E-state index in [2.05, 4.69) is 78.4 Å². The third kappa shape index (κ3) is 8.84. The number of carbonyl (C=O) groups excluding carboxylic acids is 1. The number of methoxy groups -OCH3 is 1. The summed E-state index contributed by atoms with van der Waals surface area (Å²) in [4.78, 5) is 13.7. The van der Waals surface area contributed by atoms with E-state index in [-0.39, 0.29) is 17.4 Å². The van der Waals surface area contributed by atoms with Crippen LogP contribution in [-0.4, -0.2) is 23.2 Å². The molecule has 1 fully saturated rings. The SMILES string of the molecule is CCCCC[C@H]1CC[C@H](c2ccc(-c3ccc(C(=O)Nc4ccc(-c5cc6c(c(Br)c5OC)C(C)(C)c5c7c(c8c(Cl)cc(Cl)cc8c5-6)OC(c5ccc(O)cc5)(c5ccc(O)cc5)C=C7)cc4)cc3)cc2)CC1. The van der Waals surface area contributed by atoms with E-state index in [9.17, 15) is 15.0 Å². The fourth-order valence-corrected chi connectivity index (χ4v) is 13.8. The van der Waals surface area contributed by atoms with E-state index in [0.29, 0.717) is 44.1 Å². The Balaban J connectivity index is 0.884. The van der Waals surface area contributed by atoms with Crippen LogP contribution in [-0.2, 0) is 11.0 Å². The minimum atomic E-state index is -1.15. The predicted molar refractivity (Wildman–Crippen MR) is 307 cm³/mol. The number of aromatic hydroxyl groups is 2. The molecular formula is C65H58BrCl2NO5. The van der Waals surface area contributed by atoms with Crippen molar-refractivity contribution in [2.75, 3.05) is 12.4 Å². The third-order valence-corrected chi connectivity index (χ3v) is 17.3. The normalized spacial score (nSPS) is 17.0. The Morgan fingerprint density at radius 3 is 1.96 bits per heavy atom. The van der Waals surface area contributed by atoms with E-state index in [0.717, 1.165) is 77.0 Å². The Morgan fingerprint density at radius 2 is 1.35 bits per heavy atom. The van der Waals surface area contributed by atoms with Gasteiger partial charge in [0.1, 0.15) is 23.0 Å². The zero-order valence-corrected chi connectivity index (χ0v) is 45.1. The molecule has 74 heavy (non-hydrogen) atoms. The van der Waals surface area contributed by atoms with Crippen LogP contribution in [0.5, 0.6) is 23.0 Å². The second-order valence-electron chi connectivity index (χ2n) is 20.8. The van der Waals surface area contributed by atoms with Crippen LogP contribution < -0.4 is 14.8 Å². The maximum atomic E-state index is 13.7. The number of fused-ring (bicyclic) bond motifs is 8. The molecule has 8 aromatic rings. The summed E-state index contributed by atoms with van der Waals surface area (Å²) in [6.07, 6.45) is 14.8. The topological polar surface area (TPSA) is 88.0 Å². The monoisotopic (exact) mass is 1080 g/mol. The standard InChI is InChI=1S/C65H58BrCl2NO5/c1-5-6-7-8-38-9-11-39(12-10-38)40-13-15-41(16-14-40)42-17-19-44(20-18-42)63(72)69-48-27-21-43(22-28-48)52-37-54-56-53-35-47(67)36-55(68)57(53)61-51(58(56)64(2,3)59(54)60(66)62(52)73-4)33-34-65(74-61,45-23-29-49(70)30-24-45)46-25-31-50(71)32-26-46/h13-39,70-71H,5-12H2,1-4H3,(H,69,72)/t38-,39-. The number of rotatable bonds is 12. The molecule has 0 saturated heterocycles. The largest absolute Gasteiger partial charge is 0.508 e. The molecule has 1 aliphatic heterocycles. The van der Waals surface area contributed by atoms with Crippen LogP contribution in [0.3, 0.4) is 0 Å². The van der Waals surface area contributed by atoms with Crippen molar-refractivity contribution < 1.29 is 24.5 Å². The van der Waals surface area contributed by atoms with Crippen LogP contribution in [0.2, 0.25) is 10.0 Å². The first-order valence-electron chi connectivity index (χ1n) is 25.8. The van der Waals surface area contributed by atoms with Gasteiger partial charge in [-0.25, -0.2) is 0 Å². The highest BCUT2D eigenvalue weighted by molar-refractivity contribution is 9.10. The third-order valence-electron chi connectivity index (χ3n) is 16.0. The van der Waals surface area contributed by atoms with Crippen molar-refractivity contribution in [1.29, 1.82) is 0 Å². The Morgan fingerprint density at radius 1 is 0.743 bits per heavy atom. The lowest BCUT2D eigenvalue weighted by Gasteiger charge is -2.38. The van der Waals surface area contributed by atoms with Gasteiger partial charge in [-0.15, -0.1) is 0 Å². The first-order valence-corrected chi connectivity index (χ1v) is 27.3. The fourth-order valence-electron chi connectivity index (χ4n) is 12.1. The number of anilines is 1. The second-order valence-corrected chi connectivity index (χ2v) is 22.5. The second kappa shape index (κ2) is 20.0. The zero-order chi connectivity index (χ0) is 51.5. The minimum absolute atomic E-state index is 0.131. The van der Waals surface area contributed by atoms with E-state index in [1.165, 1.54) is 56.9 Å². The Kier molecular flexibility index (Phi) is 13.4. The highest BCUT2D eigenvalue weighted by Crippen LogP contribution is 2.62. The van der Waals surface area contributed by atoms with Gasteiger partial charge in [-0.2, -0.15) is 0 Å². The highest BCUT2D eigenvalue weighted by atomic mass is 79.9. The number of phenolic OH excluding ortho intramolecular Hbond substituents is 2. The van der Waals surface area contributed by atoms with E-state index < -0.39 is 11.0 Å². The molecule has 0 unspecified atom stereocenters. The summed E-state index contributed by atoms with van der Waals surface area (Å²) in [5.41, 5.74) is 11.4. The summed E-state index contributed by atoms with van der Waals surface area (Å²) in [7, 11) is 1.68. The van der Waals surface area contributed by atoms with Crippen molar-refractivity contribution in [3.8, 4) is 56.4 Å². The van der Waals surface area contributed by atoms with Gasteiger partial charge in [0.15, 0.2) is 5.60 Å². The van der Waals surface area contributed by atoms with Gasteiger partial charge in [-0.05, 0) is 176 Å². The number of hydrogen-bond donors (Lipinski definition) is 3. The molecule has 8 aromatic carbocycles. The summed E-state index contributed by atoms with van der Waals surface area (Å²) in [6.45, 7) is 6.70. The van der Waals surface area contributed by atoms with Gasteiger partial charge in [-0.3, -0.25) is 4.79 Å². The molecule has 0 radical (unpaired) electrons. The summed E-state index contributed by atoms with van der Waals surface area (Å²) < 4.78 is 14.4. The van der Waals surface area contributed by atoms with Crippen molar-refractivity contribution in [1.82, 2.24) is 0 Å². The number of unbranched alkanes of at least 4 members (excludes halogenated alkanes) is 2. The Hall–Kier alpha value is -6.51. The molecular weight excluding hydrogens is 1030 g/mol. The van der Waals surface area contributed by atoms with E-state index >= 15 is 0 Å². The van der Waals surface area contributed by atoms with Crippen molar-refractivity contribution in [3.63, 3.8) is 0 Å². The van der Waals surface area contributed by atoms with Crippen molar-refractivity contribution in [2.45, 2.75) is 89.1 Å². The quantitative estimate of drug-likeness (QED) is 0.106. The zero-order valence-electron chi connectivity index (χ0n) is 42.0. The predicted octanol–water partition coefficient (Wildman–Crippen LogP) is 18.4. The van der Waals surface area contributed by atoms with Gasteiger partial charge in [0.2, 0.25) is 0 Å². The molecule has 1 heterocycles. The molecule has 1 saturated carbocycles.